The number of nitrogens with zero attached hydrogens (tertiary/aromatic N) is 4. The highest BCUT2D eigenvalue weighted by atomic mass is 16.3. The molecule has 0 aliphatic carbocycles. The number of carbonyl (C=O) groups is 2. The van der Waals surface area contributed by atoms with Gasteiger partial charge >= 0.3 is 0 Å². The van der Waals surface area contributed by atoms with Gasteiger partial charge in [-0.2, -0.15) is 5.10 Å². The molecule has 8 nitrogen and oxygen atoms in total. The highest BCUT2D eigenvalue weighted by Crippen LogP contribution is 2.18. The van der Waals surface area contributed by atoms with Crippen LogP contribution in [-0.2, 0) is 11.3 Å². The van der Waals surface area contributed by atoms with Gasteiger partial charge in [0, 0.05) is 43.5 Å². The number of hydrogen-bond donors (Lipinski definition) is 0. The first-order valence-electron chi connectivity index (χ1n) is 9.77. The number of furan rings is 1. The smallest absolute Gasteiger partial charge is 0.267 e. The Morgan fingerprint density at radius 2 is 1.73 bits per heavy atom. The number of aromatic nitrogens is 2. The molecule has 154 valence electrons. The summed E-state index contributed by atoms with van der Waals surface area (Å²) in [5.74, 6) is 0.435. The summed E-state index contributed by atoms with van der Waals surface area (Å²) in [4.78, 5) is 40.2. The molecule has 1 aliphatic heterocycles. The van der Waals surface area contributed by atoms with E-state index >= 15 is 0 Å². The summed E-state index contributed by atoms with van der Waals surface area (Å²) >= 11 is 0. The summed E-state index contributed by atoms with van der Waals surface area (Å²) in [6, 6.07) is 14.0. The van der Waals surface area contributed by atoms with Crippen molar-refractivity contribution in [3.63, 3.8) is 0 Å². The molecule has 1 amide bonds. The summed E-state index contributed by atoms with van der Waals surface area (Å²) in [5.41, 5.74) is 1.88. The average Bonchev–Trinajstić information content (AvgIpc) is 3.30. The number of anilines is 1. The lowest BCUT2D eigenvalue weighted by Gasteiger charge is -2.36. The molecule has 0 saturated carbocycles. The maximum atomic E-state index is 12.7. The zero-order chi connectivity index (χ0) is 21.1. The Kier molecular flexibility index (Phi) is 5.47. The van der Waals surface area contributed by atoms with Gasteiger partial charge in [-0.15, -0.1) is 0 Å². The Labute approximate surface area is 173 Å². The summed E-state index contributed by atoms with van der Waals surface area (Å²) in [6.45, 7) is 3.91. The monoisotopic (exact) mass is 406 g/mol. The Morgan fingerprint density at radius 1 is 1.00 bits per heavy atom. The van der Waals surface area contributed by atoms with E-state index in [1.807, 2.05) is 24.3 Å². The first-order valence-corrected chi connectivity index (χ1v) is 9.77. The second-order valence-corrected chi connectivity index (χ2v) is 7.16. The third-order valence-corrected chi connectivity index (χ3v) is 5.20. The van der Waals surface area contributed by atoms with Crippen LogP contribution in [0.5, 0.6) is 0 Å². The first kappa shape index (κ1) is 19.6. The molecule has 0 radical (unpaired) electrons. The number of rotatable bonds is 5. The van der Waals surface area contributed by atoms with Gasteiger partial charge in [-0.05, 0) is 49.4 Å². The van der Waals surface area contributed by atoms with Crippen molar-refractivity contribution in [1.29, 1.82) is 0 Å². The van der Waals surface area contributed by atoms with E-state index in [-0.39, 0.29) is 23.8 Å². The van der Waals surface area contributed by atoms with E-state index in [2.05, 4.69) is 10.00 Å². The van der Waals surface area contributed by atoms with Gasteiger partial charge in [0.2, 0.25) is 5.91 Å². The molecule has 1 aliphatic rings. The van der Waals surface area contributed by atoms with E-state index in [1.165, 1.54) is 17.0 Å². The van der Waals surface area contributed by atoms with E-state index in [1.54, 1.807) is 30.0 Å². The lowest BCUT2D eigenvalue weighted by atomic mass is 10.1. The quantitative estimate of drug-likeness (QED) is 0.603. The number of ketones is 1. The number of hydrogen-bond acceptors (Lipinski definition) is 6. The maximum Gasteiger partial charge on any atom is 0.267 e. The van der Waals surface area contributed by atoms with Gasteiger partial charge in [-0.3, -0.25) is 14.4 Å². The summed E-state index contributed by atoms with van der Waals surface area (Å²) in [5, 5.41) is 4.26. The minimum Gasteiger partial charge on any atom is -0.463 e. The van der Waals surface area contributed by atoms with Crippen molar-refractivity contribution in [2.24, 2.45) is 0 Å². The standard InChI is InChI=1S/C22H22N4O4/c1-16(27)17-4-6-18(7-5-17)24-10-12-25(13-11-24)22(29)15-26-21(28)9-8-19(23-26)20-3-2-14-30-20/h2-9,14H,10-13,15H2,1H3. The number of benzene rings is 1. The normalized spacial score (nSPS) is 14.0. The molecule has 1 fully saturated rings. The van der Waals surface area contributed by atoms with Crippen LogP contribution in [0.4, 0.5) is 5.69 Å². The molecule has 1 aromatic carbocycles. The molecule has 2 aromatic heterocycles. The fourth-order valence-electron chi connectivity index (χ4n) is 3.47. The summed E-state index contributed by atoms with van der Waals surface area (Å²) in [6.07, 6.45) is 1.53. The molecule has 4 rings (SSSR count). The molecule has 0 N–H and O–H groups in total. The first-order chi connectivity index (χ1) is 14.5. The Hall–Kier alpha value is -3.68. The molecule has 8 heteroatoms. The van der Waals surface area contributed by atoms with E-state index in [4.69, 9.17) is 4.42 Å². The zero-order valence-corrected chi connectivity index (χ0v) is 16.7. The van der Waals surface area contributed by atoms with Crippen LogP contribution in [-0.4, -0.2) is 52.5 Å². The summed E-state index contributed by atoms with van der Waals surface area (Å²) < 4.78 is 6.49. The molecule has 0 atom stereocenters. The number of Topliss-reactive ketones (excluding diaryl/α,β-unsaturated/α-hetero) is 1. The third-order valence-electron chi connectivity index (χ3n) is 5.20. The van der Waals surface area contributed by atoms with Gasteiger partial charge in [-0.1, -0.05) is 0 Å². The fourth-order valence-corrected chi connectivity index (χ4v) is 3.47. The largest absolute Gasteiger partial charge is 0.463 e. The van der Waals surface area contributed by atoms with Gasteiger partial charge in [0.05, 0.1) is 6.26 Å². The molecule has 3 heterocycles. The van der Waals surface area contributed by atoms with Gasteiger partial charge in [-0.25, -0.2) is 4.68 Å². The molecule has 0 unspecified atom stereocenters. The molecule has 3 aromatic rings. The number of piperazine rings is 1. The molecule has 1 saturated heterocycles. The Bertz CT molecular complexity index is 1090. The lowest BCUT2D eigenvalue weighted by molar-refractivity contribution is -0.132. The highest BCUT2D eigenvalue weighted by Gasteiger charge is 2.22. The average molecular weight is 406 g/mol. The molecule has 30 heavy (non-hydrogen) atoms. The molecule has 0 bridgehead atoms. The van der Waals surface area contributed by atoms with Gasteiger partial charge in [0.25, 0.3) is 5.56 Å². The van der Waals surface area contributed by atoms with Gasteiger partial charge < -0.3 is 14.2 Å². The van der Waals surface area contributed by atoms with Crippen LogP contribution in [0.1, 0.15) is 17.3 Å². The zero-order valence-electron chi connectivity index (χ0n) is 16.7. The third kappa shape index (κ3) is 4.17. The Morgan fingerprint density at radius 3 is 2.37 bits per heavy atom. The molecular weight excluding hydrogens is 384 g/mol. The van der Waals surface area contributed by atoms with E-state index < -0.39 is 0 Å². The SMILES string of the molecule is CC(=O)c1ccc(N2CCN(C(=O)Cn3nc(-c4ccco4)ccc3=O)CC2)cc1. The fraction of sp³-hybridized carbons (Fsp3) is 0.273. The van der Waals surface area contributed by atoms with E-state index in [0.717, 1.165) is 5.69 Å². The van der Waals surface area contributed by atoms with Crippen molar-refractivity contribution in [2.75, 3.05) is 31.1 Å². The van der Waals surface area contributed by atoms with Crippen molar-refractivity contribution in [3.05, 3.63) is 70.7 Å². The van der Waals surface area contributed by atoms with Crippen molar-refractivity contribution >= 4 is 17.4 Å². The van der Waals surface area contributed by atoms with Crippen LogP contribution >= 0.6 is 0 Å². The van der Waals surface area contributed by atoms with Crippen LogP contribution in [0.2, 0.25) is 0 Å². The van der Waals surface area contributed by atoms with E-state index in [0.29, 0.717) is 43.2 Å². The van der Waals surface area contributed by atoms with Crippen LogP contribution in [0.15, 0.2) is 64.0 Å². The lowest BCUT2D eigenvalue weighted by Crippen LogP contribution is -2.50. The molecular formula is C22H22N4O4. The van der Waals surface area contributed by atoms with Gasteiger partial charge in [0.1, 0.15) is 12.2 Å². The minimum atomic E-state index is -0.331. The van der Waals surface area contributed by atoms with Crippen molar-refractivity contribution in [2.45, 2.75) is 13.5 Å². The van der Waals surface area contributed by atoms with Crippen molar-refractivity contribution in [3.8, 4) is 11.5 Å². The Balaban J connectivity index is 1.38. The van der Waals surface area contributed by atoms with Crippen molar-refractivity contribution < 1.29 is 14.0 Å². The number of carbonyl (C=O) groups excluding carboxylic acids is 2. The van der Waals surface area contributed by atoms with Crippen LogP contribution in [0, 0.1) is 0 Å². The van der Waals surface area contributed by atoms with Crippen LogP contribution in [0.25, 0.3) is 11.5 Å². The maximum absolute atomic E-state index is 12.7. The van der Waals surface area contributed by atoms with Crippen LogP contribution < -0.4 is 10.5 Å². The van der Waals surface area contributed by atoms with Gasteiger partial charge in [0.15, 0.2) is 11.5 Å². The number of amides is 1. The predicted molar refractivity (Wildman–Crippen MR) is 111 cm³/mol. The second kappa shape index (κ2) is 8.36. The topological polar surface area (TPSA) is 88.7 Å². The minimum absolute atomic E-state index is 0.0388. The van der Waals surface area contributed by atoms with Crippen molar-refractivity contribution in [1.82, 2.24) is 14.7 Å². The molecule has 0 spiro atoms. The second-order valence-electron chi connectivity index (χ2n) is 7.16. The predicted octanol–water partition coefficient (Wildman–Crippen LogP) is 2.05. The highest BCUT2D eigenvalue weighted by molar-refractivity contribution is 5.94. The van der Waals surface area contributed by atoms with E-state index in [9.17, 15) is 14.4 Å². The van der Waals surface area contributed by atoms with Crippen LogP contribution in [0.3, 0.4) is 0 Å². The summed E-state index contributed by atoms with van der Waals surface area (Å²) in [7, 11) is 0.